The summed E-state index contributed by atoms with van der Waals surface area (Å²) in [5.74, 6) is 0. The number of hydrogen-bond acceptors (Lipinski definition) is 4. The van der Waals surface area contributed by atoms with Gasteiger partial charge in [0.25, 0.3) is 0 Å². The van der Waals surface area contributed by atoms with Crippen LogP contribution in [0, 0.1) is 6.92 Å². The lowest BCUT2D eigenvalue weighted by Crippen LogP contribution is -2.32. The second-order valence-corrected chi connectivity index (χ2v) is 4.16. The van der Waals surface area contributed by atoms with Crippen LogP contribution in [-0.4, -0.2) is 27.6 Å². The molecule has 14 heavy (non-hydrogen) atoms. The number of rotatable bonds is 5. The monoisotopic (exact) mass is 215 g/mol. The lowest BCUT2D eigenvalue weighted by atomic mass is 10.1. The van der Waals surface area contributed by atoms with Crippen LogP contribution in [0.15, 0.2) is 11.4 Å². The fraction of sp³-hybridized carbons (Fsp3) is 0.600. The van der Waals surface area contributed by atoms with E-state index in [1.807, 2.05) is 7.05 Å². The number of methoxy groups -OCH3 is 2. The summed E-state index contributed by atoms with van der Waals surface area (Å²) in [5, 5.41) is 5.28. The van der Waals surface area contributed by atoms with Crippen LogP contribution in [0.5, 0.6) is 0 Å². The van der Waals surface area contributed by atoms with E-state index in [0.717, 1.165) is 0 Å². The van der Waals surface area contributed by atoms with Gasteiger partial charge < -0.3 is 14.8 Å². The van der Waals surface area contributed by atoms with Crippen molar-refractivity contribution in [1.82, 2.24) is 5.32 Å². The van der Waals surface area contributed by atoms with E-state index in [4.69, 9.17) is 9.47 Å². The van der Waals surface area contributed by atoms with E-state index >= 15 is 0 Å². The Bertz CT molecular complexity index is 271. The first kappa shape index (κ1) is 11.7. The summed E-state index contributed by atoms with van der Waals surface area (Å²) < 4.78 is 10.5. The van der Waals surface area contributed by atoms with Crippen LogP contribution in [0.3, 0.4) is 0 Å². The van der Waals surface area contributed by atoms with Gasteiger partial charge in [-0.3, -0.25) is 0 Å². The lowest BCUT2D eigenvalue weighted by Gasteiger charge is -2.24. The van der Waals surface area contributed by atoms with Gasteiger partial charge in [-0.1, -0.05) is 0 Å². The number of likely N-dealkylation sites (N-methyl/N-ethyl adjacent to an activating group) is 1. The Kier molecular flexibility index (Phi) is 4.54. The molecule has 0 aromatic carbocycles. The molecular formula is C10H17NO2S. The van der Waals surface area contributed by atoms with Crippen molar-refractivity contribution in [2.45, 2.75) is 19.3 Å². The first-order valence-electron chi connectivity index (χ1n) is 4.51. The summed E-state index contributed by atoms with van der Waals surface area (Å²) in [5.41, 5.74) is 1.24. The van der Waals surface area contributed by atoms with Crippen molar-refractivity contribution in [3.05, 3.63) is 21.9 Å². The van der Waals surface area contributed by atoms with Crippen molar-refractivity contribution in [3.63, 3.8) is 0 Å². The van der Waals surface area contributed by atoms with Crippen molar-refractivity contribution < 1.29 is 9.47 Å². The topological polar surface area (TPSA) is 30.5 Å². The summed E-state index contributed by atoms with van der Waals surface area (Å²) in [7, 11) is 5.22. The molecule has 1 unspecified atom stereocenters. The molecule has 1 aromatic heterocycles. The van der Waals surface area contributed by atoms with E-state index in [9.17, 15) is 0 Å². The molecule has 1 atom stereocenters. The Labute approximate surface area is 89.0 Å². The molecule has 0 radical (unpaired) electrons. The molecule has 0 fully saturated rings. The molecule has 3 nitrogen and oxygen atoms in total. The van der Waals surface area contributed by atoms with Crippen molar-refractivity contribution in [2.75, 3.05) is 21.3 Å². The highest BCUT2D eigenvalue weighted by Crippen LogP contribution is 2.26. The molecule has 1 heterocycles. The molecule has 1 rings (SSSR count). The summed E-state index contributed by atoms with van der Waals surface area (Å²) >= 11 is 1.74. The van der Waals surface area contributed by atoms with Gasteiger partial charge in [0.1, 0.15) is 0 Å². The molecule has 0 bridgehead atoms. The third kappa shape index (κ3) is 2.33. The Morgan fingerprint density at radius 3 is 2.36 bits per heavy atom. The van der Waals surface area contributed by atoms with Gasteiger partial charge in [-0.15, -0.1) is 11.3 Å². The van der Waals surface area contributed by atoms with Gasteiger partial charge in [-0.25, -0.2) is 0 Å². The Morgan fingerprint density at radius 1 is 1.36 bits per heavy atom. The standard InChI is InChI=1S/C10H17NO2S/c1-7-8(5-6-14-7)9(11-2)10(12-3)13-4/h5-6,9-11H,1-4H3. The second-order valence-electron chi connectivity index (χ2n) is 3.04. The van der Waals surface area contributed by atoms with Gasteiger partial charge in [0.2, 0.25) is 0 Å². The first-order valence-corrected chi connectivity index (χ1v) is 5.39. The second kappa shape index (κ2) is 5.46. The molecule has 80 valence electrons. The Balaban J connectivity index is 2.86. The normalized spacial score (nSPS) is 13.5. The molecule has 0 saturated heterocycles. The molecule has 4 heteroatoms. The maximum absolute atomic E-state index is 5.25. The van der Waals surface area contributed by atoms with E-state index in [-0.39, 0.29) is 12.3 Å². The largest absolute Gasteiger partial charge is 0.354 e. The number of nitrogens with one attached hydrogen (secondary N) is 1. The van der Waals surface area contributed by atoms with Crippen molar-refractivity contribution in [1.29, 1.82) is 0 Å². The van der Waals surface area contributed by atoms with Gasteiger partial charge in [-0.2, -0.15) is 0 Å². The van der Waals surface area contributed by atoms with Crippen LogP contribution < -0.4 is 5.32 Å². The maximum Gasteiger partial charge on any atom is 0.176 e. The average Bonchev–Trinajstić information content (AvgIpc) is 2.61. The van der Waals surface area contributed by atoms with E-state index in [0.29, 0.717) is 0 Å². The summed E-state index contributed by atoms with van der Waals surface area (Å²) in [4.78, 5) is 1.29. The number of aryl methyl sites for hydroxylation is 1. The molecule has 0 aliphatic heterocycles. The molecule has 0 aliphatic carbocycles. The fourth-order valence-electron chi connectivity index (χ4n) is 1.52. The molecule has 1 N–H and O–H groups in total. The molecular weight excluding hydrogens is 198 g/mol. The van der Waals surface area contributed by atoms with Gasteiger partial charge in [0.05, 0.1) is 6.04 Å². The molecule has 0 saturated carbocycles. The van der Waals surface area contributed by atoms with Gasteiger partial charge >= 0.3 is 0 Å². The van der Waals surface area contributed by atoms with Gasteiger partial charge in [0, 0.05) is 19.1 Å². The molecule has 0 aliphatic rings. The smallest absolute Gasteiger partial charge is 0.176 e. The molecule has 0 amide bonds. The third-order valence-electron chi connectivity index (χ3n) is 2.28. The number of hydrogen-bond donors (Lipinski definition) is 1. The molecule has 0 spiro atoms. The third-order valence-corrected chi connectivity index (χ3v) is 3.14. The highest BCUT2D eigenvalue weighted by Gasteiger charge is 2.22. The number of ether oxygens (including phenoxy) is 2. The molecule has 1 aromatic rings. The van der Waals surface area contributed by atoms with Crippen LogP contribution in [0.1, 0.15) is 16.5 Å². The Hall–Kier alpha value is -0.420. The van der Waals surface area contributed by atoms with E-state index in [1.165, 1.54) is 10.4 Å². The van der Waals surface area contributed by atoms with Crippen LogP contribution in [0.4, 0.5) is 0 Å². The minimum atomic E-state index is -0.242. The fourth-order valence-corrected chi connectivity index (χ4v) is 2.27. The predicted molar refractivity (Wildman–Crippen MR) is 58.7 cm³/mol. The predicted octanol–water partition coefficient (Wildman–Crippen LogP) is 1.94. The highest BCUT2D eigenvalue weighted by molar-refractivity contribution is 7.10. The van der Waals surface area contributed by atoms with Crippen LogP contribution >= 0.6 is 11.3 Å². The summed E-state index contributed by atoms with van der Waals surface area (Å²) in [6.45, 7) is 2.10. The minimum Gasteiger partial charge on any atom is -0.354 e. The van der Waals surface area contributed by atoms with Crippen LogP contribution in [0.2, 0.25) is 0 Å². The van der Waals surface area contributed by atoms with Crippen molar-refractivity contribution >= 4 is 11.3 Å². The quantitative estimate of drug-likeness (QED) is 0.761. The van der Waals surface area contributed by atoms with Crippen molar-refractivity contribution in [2.24, 2.45) is 0 Å². The van der Waals surface area contributed by atoms with Crippen LogP contribution in [0.25, 0.3) is 0 Å². The average molecular weight is 215 g/mol. The first-order chi connectivity index (χ1) is 6.74. The zero-order valence-electron chi connectivity index (χ0n) is 9.03. The van der Waals surface area contributed by atoms with Crippen molar-refractivity contribution in [3.8, 4) is 0 Å². The van der Waals surface area contributed by atoms with E-state index < -0.39 is 0 Å². The van der Waals surface area contributed by atoms with E-state index in [1.54, 1.807) is 25.6 Å². The van der Waals surface area contributed by atoms with Crippen LogP contribution in [-0.2, 0) is 9.47 Å². The zero-order valence-corrected chi connectivity index (χ0v) is 9.85. The van der Waals surface area contributed by atoms with Gasteiger partial charge in [-0.05, 0) is 31.0 Å². The number of thiophene rings is 1. The van der Waals surface area contributed by atoms with Gasteiger partial charge in [0.15, 0.2) is 6.29 Å². The van der Waals surface area contributed by atoms with E-state index in [2.05, 4.69) is 23.7 Å². The Morgan fingerprint density at radius 2 is 2.00 bits per heavy atom. The summed E-state index contributed by atoms with van der Waals surface area (Å²) in [6, 6.07) is 2.20. The highest BCUT2D eigenvalue weighted by atomic mass is 32.1. The lowest BCUT2D eigenvalue weighted by molar-refractivity contribution is -0.123. The summed E-state index contributed by atoms with van der Waals surface area (Å²) in [6.07, 6.45) is -0.242. The maximum atomic E-state index is 5.25. The SMILES string of the molecule is CNC(c1ccsc1C)C(OC)OC. The zero-order chi connectivity index (χ0) is 10.6. The minimum absolute atomic E-state index is 0.0937.